The highest BCUT2D eigenvalue weighted by molar-refractivity contribution is 5.70. The molecule has 2 saturated carbocycles. The molecule has 0 saturated heterocycles. The van der Waals surface area contributed by atoms with E-state index in [0.29, 0.717) is 48.7 Å². The number of hydrogen-bond acceptors (Lipinski definition) is 4. The fourth-order valence-electron chi connectivity index (χ4n) is 8.98. The van der Waals surface area contributed by atoms with Crippen LogP contribution in [0.3, 0.4) is 0 Å². The molecule has 0 spiro atoms. The number of rotatable bonds is 8. The highest BCUT2D eigenvalue weighted by Crippen LogP contribution is 2.58. The van der Waals surface area contributed by atoms with E-state index < -0.39 is 0 Å². The molecule has 0 heterocycles. The first-order chi connectivity index (χ1) is 18.0. The Morgan fingerprint density at radius 3 is 1.50 bits per heavy atom. The summed E-state index contributed by atoms with van der Waals surface area (Å²) in [5, 5.41) is 0. The molecule has 4 heteroatoms. The fraction of sp³-hybridized carbons (Fsp3) is 0.824. The summed E-state index contributed by atoms with van der Waals surface area (Å²) < 4.78 is 10.2. The number of carbonyl (C=O) groups excluding carboxylic acids is 2. The molecule has 0 aliphatic heterocycles. The zero-order chi connectivity index (χ0) is 28.1. The van der Waals surface area contributed by atoms with Crippen molar-refractivity contribution in [1.82, 2.24) is 0 Å². The predicted molar refractivity (Wildman–Crippen MR) is 155 cm³/mol. The van der Waals surface area contributed by atoms with Crippen molar-refractivity contribution in [2.45, 2.75) is 120 Å². The van der Waals surface area contributed by atoms with Crippen LogP contribution in [-0.4, -0.2) is 25.2 Å². The number of esters is 2. The van der Waals surface area contributed by atoms with Crippen molar-refractivity contribution >= 4 is 11.9 Å². The molecule has 0 aromatic carbocycles. The maximum atomic E-state index is 11.7. The van der Waals surface area contributed by atoms with Crippen LogP contribution >= 0.6 is 0 Å². The van der Waals surface area contributed by atoms with Crippen LogP contribution in [0.25, 0.3) is 0 Å². The first-order valence-electron chi connectivity index (χ1n) is 15.7. The highest BCUT2D eigenvalue weighted by atomic mass is 16.5. The van der Waals surface area contributed by atoms with Crippen LogP contribution in [0.5, 0.6) is 0 Å². The molecular weight excluding hydrogens is 472 g/mol. The molecule has 4 aliphatic rings. The van der Waals surface area contributed by atoms with Crippen molar-refractivity contribution in [3.8, 4) is 0 Å². The predicted octanol–water partition coefficient (Wildman–Crippen LogP) is 8.70. The van der Waals surface area contributed by atoms with Gasteiger partial charge in [-0.3, -0.25) is 9.59 Å². The third kappa shape index (κ3) is 6.58. The minimum atomic E-state index is -0.0493. The molecule has 216 valence electrons. The van der Waals surface area contributed by atoms with Crippen LogP contribution in [0.15, 0.2) is 23.3 Å². The summed E-state index contributed by atoms with van der Waals surface area (Å²) in [6.45, 7) is 18.7. The van der Waals surface area contributed by atoms with E-state index in [1.165, 1.54) is 62.5 Å². The highest BCUT2D eigenvalue weighted by Gasteiger charge is 2.48. The Morgan fingerprint density at radius 2 is 1.16 bits per heavy atom. The van der Waals surface area contributed by atoms with Gasteiger partial charge >= 0.3 is 11.9 Å². The summed E-state index contributed by atoms with van der Waals surface area (Å²) >= 11 is 0. The molecule has 4 rings (SSSR count). The second-order valence-electron chi connectivity index (χ2n) is 13.4. The summed E-state index contributed by atoms with van der Waals surface area (Å²) in [5.74, 6) is 3.80. The van der Waals surface area contributed by atoms with Gasteiger partial charge < -0.3 is 9.47 Å². The standard InChI is InChI=1S/2C17H28O2/c2*1-5-19-16(18)11-13(3)15-9-8-14-12(2)7-6-10-17(14,15)4/h2*9,12-14H,5-8,10-11H2,1-4H3/t2*12-,13-,14+,17+/m10/s1. The molecule has 0 unspecified atom stereocenters. The Labute approximate surface area is 233 Å². The van der Waals surface area contributed by atoms with Gasteiger partial charge in [-0.2, -0.15) is 0 Å². The quantitative estimate of drug-likeness (QED) is 0.233. The SMILES string of the molecule is CCOC(=O)C[C@@H](C)C1=CC[C@H]2[C@H](C)CCC[C@]12C.CCOC(=O)C[C@H](C)C1=CC[C@@H]2[C@@H](C)CCC[C@@]12C. The van der Waals surface area contributed by atoms with Crippen LogP contribution in [-0.2, 0) is 19.1 Å². The lowest BCUT2D eigenvalue weighted by Crippen LogP contribution is -2.35. The van der Waals surface area contributed by atoms with Crippen molar-refractivity contribution in [3.63, 3.8) is 0 Å². The van der Waals surface area contributed by atoms with Gasteiger partial charge in [0.15, 0.2) is 0 Å². The molecule has 0 aromatic heterocycles. The van der Waals surface area contributed by atoms with Crippen LogP contribution in [0, 0.1) is 46.3 Å². The summed E-state index contributed by atoms with van der Waals surface area (Å²) in [4.78, 5) is 23.4. The number of hydrogen-bond donors (Lipinski definition) is 0. The second kappa shape index (κ2) is 13.2. The summed E-state index contributed by atoms with van der Waals surface area (Å²) in [7, 11) is 0. The Morgan fingerprint density at radius 1 is 0.789 bits per heavy atom. The third-order valence-electron chi connectivity index (χ3n) is 10.8. The molecule has 2 fully saturated rings. The molecule has 4 aliphatic carbocycles. The molecule has 0 bridgehead atoms. The van der Waals surface area contributed by atoms with Crippen LogP contribution in [0.1, 0.15) is 120 Å². The van der Waals surface area contributed by atoms with Gasteiger partial charge in [-0.1, -0.05) is 90.5 Å². The molecule has 8 atom stereocenters. The Balaban J connectivity index is 0.000000211. The summed E-state index contributed by atoms with van der Waals surface area (Å²) in [6.07, 6.45) is 16.3. The monoisotopic (exact) mass is 528 g/mol. The second-order valence-corrected chi connectivity index (χ2v) is 13.4. The zero-order valence-corrected chi connectivity index (χ0v) is 25.7. The third-order valence-corrected chi connectivity index (χ3v) is 10.8. The largest absolute Gasteiger partial charge is 0.466 e. The fourth-order valence-corrected chi connectivity index (χ4v) is 8.98. The summed E-state index contributed by atoms with van der Waals surface area (Å²) in [6, 6.07) is 0. The number of ether oxygens (including phenoxy) is 2. The van der Waals surface area contributed by atoms with E-state index in [0.717, 1.165) is 23.7 Å². The lowest BCUT2D eigenvalue weighted by atomic mass is 9.60. The number of carbonyl (C=O) groups is 2. The maximum absolute atomic E-state index is 11.7. The van der Waals surface area contributed by atoms with Gasteiger partial charge in [0.2, 0.25) is 0 Å². The minimum absolute atomic E-state index is 0.0493. The molecular formula is C34H56O4. The Hall–Kier alpha value is -1.58. The van der Waals surface area contributed by atoms with Crippen molar-refractivity contribution in [2.24, 2.45) is 46.3 Å². The van der Waals surface area contributed by atoms with Gasteiger partial charge in [0, 0.05) is 0 Å². The normalized spacial score (nSPS) is 35.5. The van der Waals surface area contributed by atoms with Crippen molar-refractivity contribution < 1.29 is 19.1 Å². The first kappa shape index (κ1) is 31.0. The Bertz CT molecular complexity index is 815. The first-order valence-corrected chi connectivity index (χ1v) is 15.7. The smallest absolute Gasteiger partial charge is 0.306 e. The Kier molecular flexibility index (Phi) is 10.7. The van der Waals surface area contributed by atoms with Crippen molar-refractivity contribution in [3.05, 3.63) is 23.3 Å². The molecule has 0 amide bonds. The van der Waals surface area contributed by atoms with Crippen molar-refractivity contribution in [1.29, 1.82) is 0 Å². The van der Waals surface area contributed by atoms with Crippen LogP contribution in [0.2, 0.25) is 0 Å². The van der Waals surface area contributed by atoms with E-state index >= 15 is 0 Å². The lowest BCUT2D eigenvalue weighted by molar-refractivity contribution is -0.144. The van der Waals surface area contributed by atoms with Gasteiger partial charge in [0.1, 0.15) is 0 Å². The van der Waals surface area contributed by atoms with E-state index in [1.807, 2.05) is 13.8 Å². The van der Waals surface area contributed by atoms with E-state index in [4.69, 9.17) is 9.47 Å². The number of allylic oxidation sites excluding steroid dienone is 4. The molecule has 0 aromatic rings. The zero-order valence-electron chi connectivity index (χ0n) is 25.7. The maximum Gasteiger partial charge on any atom is 0.306 e. The topological polar surface area (TPSA) is 52.6 Å². The van der Waals surface area contributed by atoms with Crippen LogP contribution in [0.4, 0.5) is 0 Å². The molecule has 38 heavy (non-hydrogen) atoms. The summed E-state index contributed by atoms with van der Waals surface area (Å²) in [5.41, 5.74) is 3.72. The minimum Gasteiger partial charge on any atom is -0.466 e. The average Bonchev–Trinajstić information content (AvgIpc) is 3.38. The molecule has 4 nitrogen and oxygen atoms in total. The average molecular weight is 529 g/mol. The van der Waals surface area contributed by atoms with Gasteiger partial charge in [0.25, 0.3) is 0 Å². The van der Waals surface area contributed by atoms with Crippen molar-refractivity contribution in [2.75, 3.05) is 13.2 Å². The van der Waals surface area contributed by atoms with Crippen LogP contribution < -0.4 is 0 Å². The number of fused-ring (bicyclic) bond motifs is 2. The van der Waals surface area contributed by atoms with Gasteiger partial charge in [0.05, 0.1) is 26.1 Å². The molecule has 0 radical (unpaired) electrons. The lowest BCUT2D eigenvalue weighted by Gasteiger charge is -2.44. The van der Waals surface area contributed by atoms with E-state index in [-0.39, 0.29) is 11.9 Å². The van der Waals surface area contributed by atoms with Gasteiger partial charge in [-0.15, -0.1) is 0 Å². The van der Waals surface area contributed by atoms with E-state index in [9.17, 15) is 9.59 Å². The van der Waals surface area contributed by atoms with E-state index in [1.54, 1.807) is 0 Å². The van der Waals surface area contributed by atoms with Gasteiger partial charge in [-0.05, 0) is 85.9 Å². The van der Waals surface area contributed by atoms with E-state index in [2.05, 4.69) is 53.7 Å². The molecule has 0 N–H and O–H groups in total. The van der Waals surface area contributed by atoms with Gasteiger partial charge in [-0.25, -0.2) is 0 Å².